The van der Waals surface area contributed by atoms with E-state index in [4.69, 9.17) is 16.4 Å². The summed E-state index contributed by atoms with van der Waals surface area (Å²) in [6.45, 7) is 0. The van der Waals surface area contributed by atoms with Crippen molar-refractivity contribution < 1.29 is 17.2 Å². The Kier molecular flexibility index (Phi) is 3.00. The fourth-order valence-electron chi connectivity index (χ4n) is 1.00. The average Bonchev–Trinajstić information content (AvgIpc) is 1.99. The minimum absolute atomic E-state index is 0.362. The van der Waals surface area contributed by atoms with E-state index in [1.54, 1.807) is 0 Å². The van der Waals surface area contributed by atoms with Crippen molar-refractivity contribution in [3.63, 3.8) is 0 Å². The molecule has 1 aromatic heterocycles. The minimum Gasteiger partial charge on any atom is -0.385 e. The first-order chi connectivity index (χ1) is 6.73. The summed E-state index contributed by atoms with van der Waals surface area (Å²) >= 11 is 0. The molecule has 15 heavy (non-hydrogen) atoms. The van der Waals surface area contributed by atoms with Gasteiger partial charge in [0.2, 0.25) is 0 Å². The van der Waals surface area contributed by atoms with Gasteiger partial charge in [0.15, 0.2) is 4.90 Å². The van der Waals surface area contributed by atoms with Crippen LogP contribution in [0.3, 0.4) is 0 Å². The highest BCUT2D eigenvalue weighted by molar-refractivity contribution is 8.13. The molecule has 84 valence electrons. The number of hydrogen-bond donors (Lipinski definition) is 2. The summed E-state index contributed by atoms with van der Waals surface area (Å²) in [5.74, 6) is -0.362. The number of anilines is 1. The lowest BCUT2D eigenvalue weighted by Crippen LogP contribution is -2.19. The Bertz CT molecular complexity index is 540. The third-order valence-electron chi connectivity index (χ3n) is 1.52. The van der Waals surface area contributed by atoms with E-state index in [-0.39, 0.29) is 5.82 Å². The highest BCUT2D eigenvalue weighted by atomic mass is 35.7. The summed E-state index contributed by atoms with van der Waals surface area (Å²) < 4.78 is 46.5. The van der Waals surface area contributed by atoms with E-state index in [1.807, 2.05) is 4.98 Å². The molecule has 0 aliphatic heterocycles. The van der Waals surface area contributed by atoms with Gasteiger partial charge >= 0.3 is 0 Å². The van der Waals surface area contributed by atoms with Crippen LogP contribution < -0.4 is 11.3 Å². The number of halogens is 3. The summed E-state index contributed by atoms with van der Waals surface area (Å²) in [5.41, 5.74) is 2.81. The molecule has 3 N–H and O–H groups in total. The van der Waals surface area contributed by atoms with Crippen LogP contribution >= 0.6 is 10.7 Å². The first kappa shape index (κ1) is 11.9. The molecule has 9 heteroatoms. The lowest BCUT2D eigenvalue weighted by Gasteiger charge is -2.05. The van der Waals surface area contributed by atoms with Crippen molar-refractivity contribution in [2.75, 3.05) is 5.73 Å². The molecule has 0 atom stereocenters. The van der Waals surface area contributed by atoms with Crippen molar-refractivity contribution in [3.8, 4) is 0 Å². The van der Waals surface area contributed by atoms with Gasteiger partial charge in [-0.1, -0.05) is 0 Å². The SMILES string of the molecule is Nc1cc(C(F)F)c(S(=O)(=O)Cl)c(=O)[nH]1. The molecule has 0 saturated heterocycles. The summed E-state index contributed by atoms with van der Waals surface area (Å²) in [7, 11) is 0.310. The van der Waals surface area contributed by atoms with Crippen molar-refractivity contribution in [3.05, 3.63) is 22.0 Å². The molecule has 1 aromatic rings. The van der Waals surface area contributed by atoms with Crippen LogP contribution in [-0.4, -0.2) is 13.4 Å². The molecule has 0 fully saturated rings. The van der Waals surface area contributed by atoms with Crippen LogP contribution in [0.5, 0.6) is 0 Å². The zero-order chi connectivity index (χ0) is 11.8. The number of alkyl halides is 2. The molecule has 5 nitrogen and oxygen atoms in total. The lowest BCUT2D eigenvalue weighted by atomic mass is 10.2. The van der Waals surface area contributed by atoms with Gasteiger partial charge in [-0.2, -0.15) is 0 Å². The van der Waals surface area contributed by atoms with E-state index < -0.39 is 31.5 Å². The second kappa shape index (κ2) is 3.78. The van der Waals surface area contributed by atoms with Crippen molar-refractivity contribution in [2.24, 2.45) is 0 Å². The Morgan fingerprint density at radius 2 is 2.00 bits per heavy atom. The maximum Gasteiger partial charge on any atom is 0.270 e. The molecule has 1 heterocycles. The van der Waals surface area contributed by atoms with E-state index in [1.165, 1.54) is 0 Å². The zero-order valence-electron chi connectivity index (χ0n) is 7.00. The summed E-state index contributed by atoms with van der Waals surface area (Å²) in [6.07, 6.45) is -3.15. The number of rotatable bonds is 2. The van der Waals surface area contributed by atoms with E-state index >= 15 is 0 Å². The fraction of sp³-hybridized carbons (Fsp3) is 0.167. The largest absolute Gasteiger partial charge is 0.385 e. The molecule has 0 aliphatic rings. The highest BCUT2D eigenvalue weighted by Crippen LogP contribution is 2.26. The van der Waals surface area contributed by atoms with Gasteiger partial charge in [-0.25, -0.2) is 17.2 Å². The summed E-state index contributed by atoms with van der Waals surface area (Å²) in [5, 5.41) is 0. The smallest absolute Gasteiger partial charge is 0.270 e. The highest BCUT2D eigenvalue weighted by Gasteiger charge is 2.26. The molecule has 0 saturated carbocycles. The van der Waals surface area contributed by atoms with Crippen LogP contribution in [0.25, 0.3) is 0 Å². The van der Waals surface area contributed by atoms with Gasteiger partial charge in [0.05, 0.1) is 0 Å². The van der Waals surface area contributed by atoms with Gasteiger partial charge in [-0.05, 0) is 6.07 Å². The van der Waals surface area contributed by atoms with Crippen molar-refractivity contribution in [1.29, 1.82) is 0 Å². The van der Waals surface area contributed by atoms with E-state index in [9.17, 15) is 22.0 Å². The molecule has 0 unspecified atom stereocenters. The van der Waals surface area contributed by atoms with Gasteiger partial charge < -0.3 is 10.7 Å². The molecule has 0 aromatic carbocycles. The molecule has 1 rings (SSSR count). The zero-order valence-corrected chi connectivity index (χ0v) is 8.57. The molecular formula is C6H5ClF2N2O3S. The Morgan fingerprint density at radius 3 is 2.40 bits per heavy atom. The summed E-state index contributed by atoms with van der Waals surface area (Å²) in [4.78, 5) is 11.8. The second-order valence-corrected chi connectivity index (χ2v) is 5.08. The Morgan fingerprint density at radius 1 is 1.47 bits per heavy atom. The number of aromatic amines is 1. The Labute approximate surface area is 87.3 Å². The van der Waals surface area contributed by atoms with E-state index in [0.29, 0.717) is 6.07 Å². The third-order valence-corrected chi connectivity index (χ3v) is 2.89. The van der Waals surface area contributed by atoms with Gasteiger partial charge in [0.25, 0.3) is 21.0 Å². The fourth-order valence-corrected chi connectivity index (χ4v) is 2.18. The van der Waals surface area contributed by atoms with Crippen LogP contribution in [0.4, 0.5) is 14.6 Å². The maximum absolute atomic E-state index is 12.4. The lowest BCUT2D eigenvalue weighted by molar-refractivity contribution is 0.147. The van der Waals surface area contributed by atoms with E-state index in [0.717, 1.165) is 0 Å². The summed E-state index contributed by atoms with van der Waals surface area (Å²) in [6, 6.07) is 0.654. The van der Waals surface area contributed by atoms with Gasteiger partial charge in [-0.15, -0.1) is 0 Å². The van der Waals surface area contributed by atoms with Crippen LogP contribution in [0.1, 0.15) is 12.0 Å². The molecule has 0 spiro atoms. The minimum atomic E-state index is -4.53. The molecular weight excluding hydrogens is 254 g/mol. The van der Waals surface area contributed by atoms with Crippen molar-refractivity contribution in [2.45, 2.75) is 11.3 Å². The maximum atomic E-state index is 12.4. The first-order valence-corrected chi connectivity index (χ1v) is 5.80. The van der Waals surface area contributed by atoms with Gasteiger partial charge in [-0.3, -0.25) is 4.79 Å². The number of pyridine rings is 1. The molecule has 0 aliphatic carbocycles. The topological polar surface area (TPSA) is 93.0 Å². The van der Waals surface area contributed by atoms with Gasteiger partial charge in [0.1, 0.15) is 5.82 Å². The number of nitrogen functional groups attached to an aromatic ring is 1. The quantitative estimate of drug-likeness (QED) is 0.768. The average molecular weight is 259 g/mol. The Hall–Kier alpha value is -1.15. The molecule has 0 amide bonds. The second-order valence-electron chi connectivity index (χ2n) is 2.58. The monoisotopic (exact) mass is 258 g/mol. The predicted molar refractivity (Wildman–Crippen MR) is 49.5 cm³/mol. The van der Waals surface area contributed by atoms with Gasteiger partial charge in [0, 0.05) is 16.2 Å². The third kappa shape index (κ3) is 2.45. The van der Waals surface area contributed by atoms with Crippen LogP contribution in [0.2, 0.25) is 0 Å². The van der Waals surface area contributed by atoms with Crippen LogP contribution in [0.15, 0.2) is 15.8 Å². The Balaban J connectivity index is 3.71. The first-order valence-electron chi connectivity index (χ1n) is 3.49. The van der Waals surface area contributed by atoms with Crippen molar-refractivity contribution >= 4 is 25.6 Å². The number of H-pyrrole nitrogens is 1. The molecule has 0 bridgehead atoms. The van der Waals surface area contributed by atoms with Crippen molar-refractivity contribution in [1.82, 2.24) is 4.98 Å². The number of nitrogens with one attached hydrogen (secondary N) is 1. The number of nitrogens with two attached hydrogens (primary N) is 1. The van der Waals surface area contributed by atoms with Crippen LogP contribution in [0, 0.1) is 0 Å². The standard InChI is InChI=1S/C6H5ClF2N2O3S/c7-15(13,14)4-2(5(8)9)1-3(10)11-6(4)12/h1,5H,(H3,10,11,12). The number of aromatic nitrogens is 1. The van der Waals surface area contributed by atoms with E-state index in [2.05, 4.69) is 0 Å². The molecule has 0 radical (unpaired) electrons. The number of hydrogen-bond acceptors (Lipinski definition) is 4. The van der Waals surface area contributed by atoms with Crippen LogP contribution in [-0.2, 0) is 9.05 Å². The normalized spacial score (nSPS) is 12.0. The predicted octanol–water partition coefficient (Wildman–Crippen LogP) is 0.822.